The Labute approximate surface area is 242 Å². The van der Waals surface area contributed by atoms with Gasteiger partial charge in [0.15, 0.2) is 0 Å². The molecule has 1 N–H and O–H groups in total. The molecule has 0 spiro atoms. The van der Waals surface area contributed by atoms with Gasteiger partial charge in [-0.2, -0.15) is 0 Å². The lowest BCUT2D eigenvalue weighted by atomic mass is 9.42. The first-order chi connectivity index (χ1) is 19.1. The molecule has 1 aromatic carbocycles. The molecule has 0 unspecified atom stereocenters. The Balaban J connectivity index is 1.20. The average molecular weight is 552 g/mol. The van der Waals surface area contributed by atoms with Gasteiger partial charge in [0.1, 0.15) is 11.5 Å². The van der Waals surface area contributed by atoms with E-state index in [0.717, 1.165) is 63.5 Å². The minimum absolute atomic E-state index is 0.0819. The van der Waals surface area contributed by atoms with Crippen LogP contribution in [0, 0.1) is 40.4 Å². The van der Waals surface area contributed by atoms with Crippen LogP contribution in [0.25, 0.3) is 0 Å². The van der Waals surface area contributed by atoms with Gasteiger partial charge in [0.2, 0.25) is 5.91 Å². The van der Waals surface area contributed by atoms with E-state index in [1.165, 1.54) is 31.2 Å². The van der Waals surface area contributed by atoms with Gasteiger partial charge < -0.3 is 14.7 Å². The first-order valence-corrected chi connectivity index (χ1v) is 16.2. The van der Waals surface area contributed by atoms with Crippen LogP contribution in [0.1, 0.15) is 103 Å². The van der Waals surface area contributed by atoms with E-state index in [0.29, 0.717) is 53.8 Å². The molecule has 4 saturated carbocycles. The number of benzene rings is 1. The van der Waals surface area contributed by atoms with Crippen molar-refractivity contribution < 1.29 is 19.4 Å². The number of aliphatic hydroxyl groups excluding tert-OH is 1. The zero-order chi connectivity index (χ0) is 28.5. The molecular weight excluding hydrogens is 498 g/mol. The Kier molecular flexibility index (Phi) is 9.00. The standard InChI is InChI=1S/C35H53NO4/c1-34-18-16-27(37)23-26(34)22-25(33-29-14-15-31(38)35(29,2)19-17-30(33)34)11-7-9-24-10-8-12-28(21-24)40-20-6-5-13-32(39)36(3)4/h8,10,12,21,25-26,29-31,33,38H,5-7,9,11,13-20,22-23H2,1-4H3/t25-,26+,29+,30+,31+,33+,34+,35+/m1/s1. The van der Waals surface area contributed by atoms with Crippen molar-refractivity contribution in [1.29, 1.82) is 0 Å². The molecule has 0 heterocycles. The third-order valence-corrected chi connectivity index (χ3v) is 12.1. The number of ether oxygens (including phenoxy) is 1. The molecule has 1 aromatic rings. The third-order valence-electron chi connectivity index (χ3n) is 12.1. The van der Waals surface area contributed by atoms with Crippen molar-refractivity contribution in [1.82, 2.24) is 4.90 Å². The molecule has 0 aromatic heterocycles. The fourth-order valence-electron chi connectivity index (χ4n) is 9.64. The number of nitrogens with zero attached hydrogens (tertiary/aromatic N) is 1. The number of ketones is 1. The van der Waals surface area contributed by atoms with Gasteiger partial charge in [-0.05, 0) is 129 Å². The van der Waals surface area contributed by atoms with Crippen molar-refractivity contribution in [3.63, 3.8) is 0 Å². The average Bonchev–Trinajstić information content (AvgIpc) is 3.23. The number of hydrogen-bond acceptors (Lipinski definition) is 4. The van der Waals surface area contributed by atoms with Gasteiger partial charge in [-0.15, -0.1) is 0 Å². The highest BCUT2D eigenvalue weighted by molar-refractivity contribution is 5.79. The topological polar surface area (TPSA) is 66.8 Å². The molecule has 1 amide bonds. The fourth-order valence-corrected chi connectivity index (χ4v) is 9.64. The molecule has 40 heavy (non-hydrogen) atoms. The number of aliphatic hydroxyl groups is 1. The van der Waals surface area contributed by atoms with E-state index >= 15 is 0 Å². The summed E-state index contributed by atoms with van der Waals surface area (Å²) in [6.45, 7) is 5.55. The quantitative estimate of drug-likeness (QED) is 0.323. The number of amides is 1. The van der Waals surface area contributed by atoms with E-state index in [2.05, 4.69) is 32.0 Å². The second-order valence-electron chi connectivity index (χ2n) is 14.5. The number of hydrogen-bond donors (Lipinski definition) is 1. The monoisotopic (exact) mass is 551 g/mol. The van der Waals surface area contributed by atoms with Crippen LogP contribution in [0.3, 0.4) is 0 Å². The van der Waals surface area contributed by atoms with Gasteiger partial charge in [0, 0.05) is 33.4 Å². The minimum atomic E-state index is -0.145. The van der Waals surface area contributed by atoms with Gasteiger partial charge in [0.05, 0.1) is 12.7 Å². The van der Waals surface area contributed by atoms with E-state index in [1.54, 1.807) is 19.0 Å². The SMILES string of the molecule is CN(C)C(=O)CCCCOc1cccc(CCC[C@@H]2C[C@H]3CC(=O)CC[C@]3(C)[C@H]3CC[C@]4(C)[C@@H](O)CC[C@H]4[C@H]23)c1. The Morgan fingerprint density at radius 1 is 1.05 bits per heavy atom. The van der Waals surface area contributed by atoms with E-state index in [1.807, 2.05) is 6.07 Å². The Hall–Kier alpha value is -1.88. The molecule has 4 fully saturated rings. The molecule has 0 radical (unpaired) electrons. The molecule has 0 aliphatic heterocycles. The zero-order valence-electron chi connectivity index (χ0n) is 25.5. The summed E-state index contributed by atoms with van der Waals surface area (Å²) in [6, 6.07) is 8.54. The normalized spacial score (nSPS) is 36.9. The number of carbonyl (C=O) groups is 2. The summed E-state index contributed by atoms with van der Waals surface area (Å²) in [5.41, 5.74) is 1.71. The molecule has 5 nitrogen and oxygen atoms in total. The van der Waals surface area contributed by atoms with Crippen molar-refractivity contribution in [2.24, 2.45) is 40.4 Å². The maximum absolute atomic E-state index is 12.5. The maximum atomic E-state index is 12.5. The van der Waals surface area contributed by atoms with Gasteiger partial charge in [-0.25, -0.2) is 0 Å². The van der Waals surface area contributed by atoms with Gasteiger partial charge >= 0.3 is 0 Å². The van der Waals surface area contributed by atoms with E-state index in [4.69, 9.17) is 4.74 Å². The van der Waals surface area contributed by atoms with Crippen LogP contribution in [0.4, 0.5) is 0 Å². The lowest BCUT2D eigenvalue weighted by molar-refractivity contribution is -0.156. The molecular formula is C35H53NO4. The van der Waals surface area contributed by atoms with Gasteiger partial charge in [0.25, 0.3) is 0 Å². The Morgan fingerprint density at radius 2 is 1.85 bits per heavy atom. The number of unbranched alkanes of at least 4 members (excludes halogenated alkanes) is 1. The van der Waals surface area contributed by atoms with Crippen LogP contribution in [0.15, 0.2) is 24.3 Å². The van der Waals surface area contributed by atoms with Crippen LogP contribution < -0.4 is 4.74 Å². The molecule has 5 heteroatoms. The van der Waals surface area contributed by atoms with Crippen LogP contribution in [0.5, 0.6) is 5.75 Å². The minimum Gasteiger partial charge on any atom is -0.494 e. The van der Waals surface area contributed by atoms with Crippen LogP contribution >= 0.6 is 0 Å². The van der Waals surface area contributed by atoms with Crippen molar-refractivity contribution in [2.75, 3.05) is 20.7 Å². The molecule has 5 rings (SSSR count). The predicted molar refractivity (Wildman–Crippen MR) is 159 cm³/mol. The molecule has 0 bridgehead atoms. The smallest absolute Gasteiger partial charge is 0.222 e. The summed E-state index contributed by atoms with van der Waals surface area (Å²) in [5, 5.41) is 11.0. The van der Waals surface area contributed by atoms with Crippen molar-refractivity contribution >= 4 is 11.7 Å². The molecule has 222 valence electrons. The second kappa shape index (κ2) is 12.2. The Bertz CT molecular complexity index is 1050. The second-order valence-corrected chi connectivity index (χ2v) is 14.5. The summed E-state index contributed by atoms with van der Waals surface area (Å²) in [6.07, 6.45) is 14.0. The summed E-state index contributed by atoms with van der Waals surface area (Å²) in [4.78, 5) is 25.9. The summed E-state index contributed by atoms with van der Waals surface area (Å²) < 4.78 is 6.02. The predicted octanol–water partition coefficient (Wildman–Crippen LogP) is 6.85. The molecule has 0 saturated heterocycles. The first-order valence-electron chi connectivity index (χ1n) is 16.2. The first kappa shape index (κ1) is 29.6. The van der Waals surface area contributed by atoms with Gasteiger partial charge in [-0.1, -0.05) is 26.0 Å². The maximum Gasteiger partial charge on any atom is 0.222 e. The lowest BCUT2D eigenvalue weighted by Crippen LogP contribution is -2.57. The molecule has 4 aliphatic carbocycles. The lowest BCUT2D eigenvalue weighted by Gasteiger charge is -2.62. The highest BCUT2D eigenvalue weighted by Gasteiger charge is 2.62. The van der Waals surface area contributed by atoms with E-state index < -0.39 is 0 Å². The highest BCUT2D eigenvalue weighted by atomic mass is 16.5. The van der Waals surface area contributed by atoms with Crippen LogP contribution in [-0.2, 0) is 16.0 Å². The number of Topliss-reactive ketones (excluding diaryl/α,β-unsaturated/α-hetero) is 1. The van der Waals surface area contributed by atoms with Crippen LogP contribution in [-0.4, -0.2) is 48.5 Å². The highest BCUT2D eigenvalue weighted by Crippen LogP contribution is 2.67. The van der Waals surface area contributed by atoms with Crippen molar-refractivity contribution in [2.45, 2.75) is 110 Å². The van der Waals surface area contributed by atoms with Crippen molar-refractivity contribution in [3.05, 3.63) is 29.8 Å². The van der Waals surface area contributed by atoms with Gasteiger partial charge in [-0.3, -0.25) is 9.59 Å². The van der Waals surface area contributed by atoms with Crippen LogP contribution in [0.2, 0.25) is 0 Å². The largest absolute Gasteiger partial charge is 0.494 e. The van der Waals surface area contributed by atoms with E-state index in [-0.39, 0.29) is 17.4 Å². The number of fused-ring (bicyclic) bond motifs is 5. The summed E-state index contributed by atoms with van der Waals surface area (Å²) >= 11 is 0. The Morgan fingerprint density at radius 3 is 2.65 bits per heavy atom. The molecule has 8 atom stereocenters. The number of aryl methyl sites for hydroxylation is 1. The zero-order valence-corrected chi connectivity index (χ0v) is 25.5. The third kappa shape index (κ3) is 5.87. The van der Waals surface area contributed by atoms with Crippen molar-refractivity contribution in [3.8, 4) is 5.75 Å². The fraction of sp³-hybridized carbons (Fsp3) is 0.771. The summed E-state index contributed by atoms with van der Waals surface area (Å²) in [7, 11) is 3.60. The van der Waals surface area contributed by atoms with E-state index in [9.17, 15) is 14.7 Å². The number of carbonyl (C=O) groups excluding carboxylic acids is 2. The molecule has 4 aliphatic rings. The summed E-state index contributed by atoms with van der Waals surface area (Å²) in [5.74, 6) is 4.82. The number of rotatable bonds is 10.